The van der Waals surface area contributed by atoms with Gasteiger partial charge >= 0.3 is 0 Å². The molecule has 0 saturated carbocycles. The smallest absolute Gasteiger partial charge is 0.255 e. The molecule has 0 saturated heterocycles. The molecular formula is C11H12F2N4S. The van der Waals surface area contributed by atoms with E-state index in [0.717, 1.165) is 5.69 Å². The summed E-state index contributed by atoms with van der Waals surface area (Å²) >= 11 is 5.12. The van der Waals surface area contributed by atoms with Crippen molar-refractivity contribution in [1.29, 1.82) is 0 Å². The Morgan fingerprint density at radius 2 is 2.06 bits per heavy atom. The first-order valence-electron chi connectivity index (χ1n) is 5.31. The van der Waals surface area contributed by atoms with E-state index in [1.54, 1.807) is 11.6 Å². The third kappa shape index (κ3) is 2.56. The van der Waals surface area contributed by atoms with Gasteiger partial charge in [0.2, 0.25) is 10.7 Å². The van der Waals surface area contributed by atoms with E-state index in [2.05, 4.69) is 10.2 Å². The predicted molar refractivity (Wildman–Crippen MR) is 68.0 cm³/mol. The molecule has 0 aliphatic rings. The van der Waals surface area contributed by atoms with Crippen LogP contribution in [-0.4, -0.2) is 34.8 Å². The highest BCUT2D eigenvalue weighted by Gasteiger charge is 2.15. The minimum atomic E-state index is -2.43. The number of rotatable bonds is 4. The van der Waals surface area contributed by atoms with E-state index in [1.807, 2.05) is 30.3 Å². The highest BCUT2D eigenvalue weighted by atomic mass is 32.1. The molecular weight excluding hydrogens is 258 g/mol. The molecule has 96 valence electrons. The van der Waals surface area contributed by atoms with Gasteiger partial charge in [-0.05, 0) is 24.4 Å². The van der Waals surface area contributed by atoms with E-state index >= 15 is 0 Å². The first-order chi connectivity index (χ1) is 8.59. The number of alkyl halides is 2. The summed E-state index contributed by atoms with van der Waals surface area (Å²) in [6.45, 7) is -0.396. The van der Waals surface area contributed by atoms with Crippen LogP contribution in [0.25, 0.3) is 5.69 Å². The molecule has 0 aliphatic heterocycles. The van der Waals surface area contributed by atoms with Crippen LogP contribution >= 0.6 is 12.2 Å². The summed E-state index contributed by atoms with van der Waals surface area (Å²) in [6, 6.07) is 9.24. The van der Waals surface area contributed by atoms with Gasteiger partial charge in [0.15, 0.2) is 0 Å². The maximum Gasteiger partial charge on any atom is 0.255 e. The molecule has 0 atom stereocenters. The van der Waals surface area contributed by atoms with Gasteiger partial charge in [0.1, 0.15) is 0 Å². The Kier molecular flexibility index (Phi) is 3.71. The summed E-state index contributed by atoms with van der Waals surface area (Å²) in [4.78, 5) is 1.37. The SMILES string of the molecule is CN(CC(F)F)c1n[nH]c(=S)n1-c1ccccc1. The molecule has 7 heteroatoms. The lowest BCUT2D eigenvalue weighted by Gasteiger charge is -2.18. The van der Waals surface area contributed by atoms with Gasteiger partial charge in [-0.3, -0.25) is 4.57 Å². The van der Waals surface area contributed by atoms with Crippen LogP contribution in [0.2, 0.25) is 0 Å². The molecule has 2 aromatic rings. The molecule has 0 bridgehead atoms. The van der Waals surface area contributed by atoms with Crippen LogP contribution in [0.15, 0.2) is 30.3 Å². The highest BCUT2D eigenvalue weighted by molar-refractivity contribution is 7.71. The van der Waals surface area contributed by atoms with Gasteiger partial charge in [-0.15, -0.1) is 5.10 Å². The van der Waals surface area contributed by atoms with Crippen LogP contribution in [0, 0.1) is 4.77 Å². The van der Waals surface area contributed by atoms with E-state index in [1.165, 1.54) is 4.90 Å². The van der Waals surface area contributed by atoms with Crippen LogP contribution in [0.1, 0.15) is 0 Å². The quantitative estimate of drug-likeness (QED) is 0.868. The van der Waals surface area contributed by atoms with Gasteiger partial charge in [0, 0.05) is 7.05 Å². The average Bonchev–Trinajstić information content (AvgIpc) is 2.71. The number of anilines is 1. The zero-order chi connectivity index (χ0) is 13.1. The molecule has 0 amide bonds. The molecule has 4 nitrogen and oxygen atoms in total. The van der Waals surface area contributed by atoms with E-state index in [4.69, 9.17) is 12.2 Å². The zero-order valence-corrected chi connectivity index (χ0v) is 10.5. The molecule has 0 aliphatic carbocycles. The number of nitrogens with one attached hydrogen (secondary N) is 1. The lowest BCUT2D eigenvalue weighted by Crippen LogP contribution is -2.26. The second-order valence-corrected chi connectivity index (χ2v) is 4.16. The molecule has 1 aromatic carbocycles. The number of hydrogen-bond donors (Lipinski definition) is 1. The number of H-pyrrole nitrogens is 1. The Bertz CT molecular complexity index is 564. The third-order valence-electron chi connectivity index (χ3n) is 2.42. The van der Waals surface area contributed by atoms with Crippen molar-refractivity contribution in [3.05, 3.63) is 35.1 Å². The number of aromatic nitrogens is 3. The number of aromatic amines is 1. The van der Waals surface area contributed by atoms with Crippen LogP contribution < -0.4 is 4.90 Å². The van der Waals surface area contributed by atoms with Crippen LogP contribution in [0.5, 0.6) is 0 Å². The van der Waals surface area contributed by atoms with Crippen molar-refractivity contribution in [2.24, 2.45) is 0 Å². The van der Waals surface area contributed by atoms with Crippen molar-refractivity contribution in [3.8, 4) is 5.69 Å². The molecule has 1 heterocycles. The summed E-state index contributed by atoms with van der Waals surface area (Å²) in [7, 11) is 1.55. The van der Waals surface area contributed by atoms with Crippen LogP contribution in [0.3, 0.4) is 0 Å². The Morgan fingerprint density at radius 1 is 1.39 bits per heavy atom. The predicted octanol–water partition coefficient (Wildman–Crippen LogP) is 2.63. The van der Waals surface area contributed by atoms with Crippen molar-refractivity contribution in [2.75, 3.05) is 18.5 Å². The summed E-state index contributed by atoms with van der Waals surface area (Å²) in [5.74, 6) is 0.367. The number of benzene rings is 1. The molecule has 1 N–H and O–H groups in total. The van der Waals surface area contributed by atoms with E-state index in [0.29, 0.717) is 10.7 Å². The number of nitrogens with zero attached hydrogens (tertiary/aromatic N) is 3. The van der Waals surface area contributed by atoms with Gasteiger partial charge in [-0.25, -0.2) is 13.9 Å². The fourth-order valence-corrected chi connectivity index (χ4v) is 1.88. The standard InChI is InChI=1S/C11H12F2N4S/c1-16(7-9(12)13)10-14-15-11(18)17(10)8-5-3-2-4-6-8/h2-6,9H,7H2,1H3,(H,15,18). The average molecular weight is 270 g/mol. The Balaban J connectivity index is 2.42. The molecule has 0 unspecified atom stereocenters. The Hall–Kier alpha value is -1.76. The highest BCUT2D eigenvalue weighted by Crippen LogP contribution is 2.17. The third-order valence-corrected chi connectivity index (χ3v) is 2.70. The lowest BCUT2D eigenvalue weighted by atomic mass is 10.3. The van der Waals surface area contributed by atoms with Crippen molar-refractivity contribution < 1.29 is 8.78 Å². The Labute approximate surface area is 108 Å². The number of halogens is 2. The molecule has 18 heavy (non-hydrogen) atoms. The van der Waals surface area contributed by atoms with Gasteiger partial charge in [0.25, 0.3) is 6.43 Å². The second kappa shape index (κ2) is 5.26. The van der Waals surface area contributed by atoms with Gasteiger partial charge < -0.3 is 4.90 Å². The fourth-order valence-electron chi connectivity index (χ4n) is 1.64. The molecule has 1 aromatic heterocycles. The Morgan fingerprint density at radius 3 is 2.67 bits per heavy atom. The molecule has 2 rings (SSSR count). The van der Waals surface area contributed by atoms with Gasteiger partial charge in [-0.1, -0.05) is 18.2 Å². The molecule has 0 spiro atoms. The summed E-state index contributed by atoms with van der Waals surface area (Å²) < 4.78 is 26.8. The summed E-state index contributed by atoms with van der Waals surface area (Å²) in [5.41, 5.74) is 0.785. The topological polar surface area (TPSA) is 36.9 Å². The van der Waals surface area contributed by atoms with Crippen molar-refractivity contribution in [3.63, 3.8) is 0 Å². The molecule has 0 fully saturated rings. The molecule has 0 radical (unpaired) electrons. The van der Waals surface area contributed by atoms with E-state index in [-0.39, 0.29) is 0 Å². The van der Waals surface area contributed by atoms with E-state index in [9.17, 15) is 8.78 Å². The minimum Gasteiger partial charge on any atom is -0.338 e. The van der Waals surface area contributed by atoms with Gasteiger partial charge in [-0.2, -0.15) is 0 Å². The van der Waals surface area contributed by atoms with Gasteiger partial charge in [0.05, 0.1) is 12.2 Å². The second-order valence-electron chi connectivity index (χ2n) is 3.77. The number of hydrogen-bond acceptors (Lipinski definition) is 3. The van der Waals surface area contributed by atoms with Crippen LogP contribution in [0.4, 0.5) is 14.7 Å². The number of para-hydroxylation sites is 1. The maximum atomic E-state index is 12.4. The first-order valence-corrected chi connectivity index (χ1v) is 5.72. The monoisotopic (exact) mass is 270 g/mol. The van der Waals surface area contributed by atoms with Crippen molar-refractivity contribution >= 4 is 18.2 Å². The summed E-state index contributed by atoms with van der Waals surface area (Å²) in [5, 5.41) is 6.60. The van der Waals surface area contributed by atoms with Crippen LogP contribution in [-0.2, 0) is 0 Å². The first kappa shape index (κ1) is 12.7. The van der Waals surface area contributed by atoms with Crippen molar-refractivity contribution in [1.82, 2.24) is 14.8 Å². The zero-order valence-electron chi connectivity index (χ0n) is 9.68. The lowest BCUT2D eigenvalue weighted by molar-refractivity contribution is 0.156. The van der Waals surface area contributed by atoms with E-state index < -0.39 is 13.0 Å². The largest absolute Gasteiger partial charge is 0.338 e. The summed E-state index contributed by atoms with van der Waals surface area (Å²) in [6.07, 6.45) is -2.43. The fraction of sp³-hybridized carbons (Fsp3) is 0.273. The van der Waals surface area contributed by atoms with Crippen molar-refractivity contribution in [2.45, 2.75) is 6.43 Å². The normalized spacial score (nSPS) is 10.9. The minimum absolute atomic E-state index is 0.367. The maximum absolute atomic E-state index is 12.4.